The number of thiocarbonyl (C=S) groups is 1. The van der Waals surface area contributed by atoms with Crippen molar-refractivity contribution in [2.75, 3.05) is 0 Å². The molecule has 9 nitrogen and oxygen atoms in total. The van der Waals surface area contributed by atoms with E-state index in [4.69, 9.17) is 9.92 Å². The summed E-state index contributed by atoms with van der Waals surface area (Å²) >= 11 is 4.59. The van der Waals surface area contributed by atoms with Crippen molar-refractivity contribution in [1.29, 1.82) is 0 Å². The average molecular weight is 380 g/mol. The topological polar surface area (TPSA) is 137 Å². The van der Waals surface area contributed by atoms with Gasteiger partial charge in [0.1, 0.15) is 10.6 Å². The first-order valence-corrected chi connectivity index (χ1v) is 8.47. The smallest absolute Gasteiger partial charge is 0.339 e. The Morgan fingerprint density at radius 1 is 1.28 bits per heavy atom. The lowest BCUT2D eigenvalue weighted by molar-refractivity contribution is -0.385. The quantitative estimate of drug-likeness (QED) is 0.253. The molecule has 0 fully saturated rings. The number of nitrogens with zero attached hydrogens (tertiary/aromatic N) is 2. The zero-order valence-electron chi connectivity index (χ0n) is 12.5. The van der Waals surface area contributed by atoms with Crippen molar-refractivity contribution in [3.63, 3.8) is 0 Å². The molecule has 0 radical (unpaired) electrons. The molecule has 3 N–H and O–H groups in total. The minimum absolute atomic E-state index is 0.0132. The molecule has 2 aromatic carbocycles. The first-order chi connectivity index (χ1) is 11.8. The number of nitro groups is 1. The fourth-order valence-electron chi connectivity index (χ4n) is 1.71. The van der Waals surface area contributed by atoms with Gasteiger partial charge in [-0.2, -0.15) is 13.5 Å². The fraction of sp³-hybridized carbons (Fsp3) is 0. The maximum atomic E-state index is 12.2. The largest absolute Gasteiger partial charge is 0.379 e. The molecule has 0 aromatic heterocycles. The van der Waals surface area contributed by atoms with E-state index in [9.17, 15) is 18.5 Å². The second-order valence-corrected chi connectivity index (χ2v) is 6.58. The summed E-state index contributed by atoms with van der Waals surface area (Å²) in [4.78, 5) is 9.74. The number of hydrogen-bond acceptors (Lipinski definition) is 7. The van der Waals surface area contributed by atoms with Gasteiger partial charge >= 0.3 is 10.1 Å². The SMILES string of the molecule is NC(=S)N/N=C\c1ccc(OS(=O)(=O)c2cccc([N+](=O)[O-])c2)cc1. The highest BCUT2D eigenvalue weighted by molar-refractivity contribution is 7.87. The number of hydrogen-bond donors (Lipinski definition) is 2. The Bertz CT molecular complexity index is 926. The van der Waals surface area contributed by atoms with Gasteiger partial charge in [-0.15, -0.1) is 0 Å². The van der Waals surface area contributed by atoms with Crippen LogP contribution in [0.1, 0.15) is 5.56 Å². The monoisotopic (exact) mass is 380 g/mol. The van der Waals surface area contributed by atoms with E-state index in [1.165, 1.54) is 36.5 Å². The van der Waals surface area contributed by atoms with Crippen LogP contribution in [0.2, 0.25) is 0 Å². The number of nitrogens with two attached hydrogens (primary N) is 1. The van der Waals surface area contributed by atoms with Crippen LogP contribution in [-0.4, -0.2) is 24.7 Å². The number of nitro benzene ring substituents is 1. The van der Waals surface area contributed by atoms with Crippen LogP contribution in [0.3, 0.4) is 0 Å². The molecule has 0 aliphatic heterocycles. The lowest BCUT2D eigenvalue weighted by Crippen LogP contribution is -2.23. The molecule has 0 saturated carbocycles. The van der Waals surface area contributed by atoms with Crippen molar-refractivity contribution in [2.45, 2.75) is 4.90 Å². The van der Waals surface area contributed by atoms with E-state index < -0.39 is 15.0 Å². The third kappa shape index (κ3) is 5.22. The predicted octanol–water partition coefficient (Wildman–Crippen LogP) is 1.53. The standard InChI is InChI=1S/C14H12N4O5S2/c15-14(24)17-16-9-10-4-6-12(7-5-10)23-25(21,22)13-3-1-2-11(8-13)18(19)20/h1-9H,(H3,15,17,24)/b16-9-. The summed E-state index contributed by atoms with van der Waals surface area (Å²) in [5.41, 5.74) is 7.89. The zero-order chi connectivity index (χ0) is 18.4. The molecule has 0 heterocycles. The van der Waals surface area contributed by atoms with Gasteiger partial charge in [0.05, 0.1) is 11.1 Å². The first kappa shape index (κ1) is 18.3. The van der Waals surface area contributed by atoms with Crippen LogP contribution < -0.4 is 15.3 Å². The number of hydrazone groups is 1. The highest BCUT2D eigenvalue weighted by Crippen LogP contribution is 2.22. The van der Waals surface area contributed by atoms with Gasteiger partial charge in [-0.3, -0.25) is 15.5 Å². The van der Waals surface area contributed by atoms with Crippen LogP contribution in [-0.2, 0) is 10.1 Å². The second-order valence-electron chi connectivity index (χ2n) is 4.60. The van der Waals surface area contributed by atoms with Gasteiger partial charge in [0.15, 0.2) is 5.11 Å². The molecule has 2 aromatic rings. The molecule has 11 heteroatoms. The van der Waals surface area contributed by atoms with Crippen LogP contribution in [0.15, 0.2) is 58.5 Å². The van der Waals surface area contributed by atoms with E-state index in [2.05, 4.69) is 22.7 Å². The van der Waals surface area contributed by atoms with Crippen molar-refractivity contribution in [3.8, 4) is 5.75 Å². The minimum Gasteiger partial charge on any atom is -0.379 e. The second kappa shape index (κ2) is 7.68. The van der Waals surface area contributed by atoms with Crippen molar-refractivity contribution in [3.05, 3.63) is 64.2 Å². The fourth-order valence-corrected chi connectivity index (χ4v) is 2.73. The van der Waals surface area contributed by atoms with Gasteiger partial charge in [0.2, 0.25) is 0 Å². The molecule has 0 atom stereocenters. The third-order valence-corrected chi connectivity index (χ3v) is 4.13. The molecule has 25 heavy (non-hydrogen) atoms. The van der Waals surface area contributed by atoms with Crippen LogP contribution >= 0.6 is 12.2 Å². The average Bonchev–Trinajstić information content (AvgIpc) is 2.56. The van der Waals surface area contributed by atoms with Gasteiger partial charge in [-0.25, -0.2) is 0 Å². The van der Waals surface area contributed by atoms with Gasteiger partial charge in [0, 0.05) is 12.1 Å². The molecule has 2 rings (SSSR count). The molecule has 0 bridgehead atoms. The van der Waals surface area contributed by atoms with Crippen molar-refractivity contribution in [2.24, 2.45) is 10.8 Å². The third-order valence-electron chi connectivity index (χ3n) is 2.79. The van der Waals surface area contributed by atoms with E-state index in [0.717, 1.165) is 6.07 Å². The van der Waals surface area contributed by atoms with Gasteiger partial charge in [0.25, 0.3) is 5.69 Å². The van der Waals surface area contributed by atoms with E-state index in [0.29, 0.717) is 5.56 Å². The number of nitrogens with one attached hydrogen (secondary N) is 1. The first-order valence-electron chi connectivity index (χ1n) is 6.65. The Hall–Kier alpha value is -3.05. The molecule has 0 saturated heterocycles. The molecule has 0 aliphatic carbocycles. The summed E-state index contributed by atoms with van der Waals surface area (Å²) in [6, 6.07) is 10.5. The van der Waals surface area contributed by atoms with E-state index in [1.54, 1.807) is 12.1 Å². The summed E-state index contributed by atoms with van der Waals surface area (Å²) < 4.78 is 29.4. The Labute approximate surface area is 148 Å². The lowest BCUT2D eigenvalue weighted by Gasteiger charge is -2.07. The number of rotatable bonds is 6. The Kier molecular flexibility index (Phi) is 5.62. The maximum Gasteiger partial charge on any atom is 0.339 e. The molecule has 0 unspecified atom stereocenters. The molecular formula is C14H12N4O5S2. The Morgan fingerprint density at radius 2 is 1.96 bits per heavy atom. The Balaban J connectivity index is 2.15. The van der Waals surface area contributed by atoms with Crippen molar-refractivity contribution in [1.82, 2.24) is 5.43 Å². The zero-order valence-corrected chi connectivity index (χ0v) is 14.2. The predicted molar refractivity (Wildman–Crippen MR) is 94.9 cm³/mol. The van der Waals surface area contributed by atoms with Crippen LogP contribution in [0.5, 0.6) is 5.75 Å². The van der Waals surface area contributed by atoms with Crippen LogP contribution in [0.25, 0.3) is 0 Å². The van der Waals surface area contributed by atoms with Gasteiger partial charge in [-0.05, 0) is 48.1 Å². The Morgan fingerprint density at radius 3 is 2.56 bits per heavy atom. The molecule has 0 amide bonds. The normalized spacial score (nSPS) is 11.2. The van der Waals surface area contributed by atoms with Crippen molar-refractivity contribution >= 4 is 39.4 Å². The molecule has 0 aliphatic rings. The summed E-state index contributed by atoms with van der Waals surface area (Å²) in [5.74, 6) is 0.0472. The summed E-state index contributed by atoms with van der Waals surface area (Å²) in [6.45, 7) is 0. The molecule has 130 valence electrons. The minimum atomic E-state index is -4.19. The van der Waals surface area contributed by atoms with E-state index >= 15 is 0 Å². The van der Waals surface area contributed by atoms with Crippen LogP contribution in [0, 0.1) is 10.1 Å². The van der Waals surface area contributed by atoms with Crippen LogP contribution in [0.4, 0.5) is 5.69 Å². The lowest BCUT2D eigenvalue weighted by atomic mass is 10.2. The van der Waals surface area contributed by atoms with Crippen molar-refractivity contribution < 1.29 is 17.5 Å². The summed E-state index contributed by atoms with van der Waals surface area (Å²) in [7, 11) is -4.19. The molecule has 0 spiro atoms. The van der Waals surface area contributed by atoms with Gasteiger partial charge < -0.3 is 9.92 Å². The highest BCUT2D eigenvalue weighted by Gasteiger charge is 2.19. The number of non-ortho nitro benzene ring substituents is 1. The summed E-state index contributed by atoms with van der Waals surface area (Å²) in [6.07, 6.45) is 1.43. The maximum absolute atomic E-state index is 12.2. The highest BCUT2D eigenvalue weighted by atomic mass is 32.2. The summed E-state index contributed by atoms with van der Waals surface area (Å²) in [5, 5.41) is 14.5. The van der Waals surface area contributed by atoms with E-state index in [1.807, 2.05) is 0 Å². The van der Waals surface area contributed by atoms with E-state index in [-0.39, 0.29) is 21.4 Å². The van der Waals surface area contributed by atoms with Gasteiger partial charge in [-0.1, -0.05) is 6.07 Å². The number of benzene rings is 2. The molecular weight excluding hydrogens is 368 g/mol.